The molecule has 0 aromatic carbocycles. The maximum Gasteiger partial charge on any atom is 0.254 e. The number of carbonyl (C=O) groups is 1. The number of amides is 1. The van der Waals surface area contributed by atoms with Gasteiger partial charge in [0.2, 0.25) is 0 Å². The van der Waals surface area contributed by atoms with Crippen LogP contribution in [0.15, 0.2) is 22.9 Å². The number of carbonyl (C=O) groups excluding carboxylic acids is 1. The molecule has 3 rings (SSSR count). The monoisotopic (exact) mass is 273 g/mol. The molecule has 106 valence electrons. The van der Waals surface area contributed by atoms with E-state index in [1.807, 2.05) is 26.2 Å². The van der Waals surface area contributed by atoms with Crippen molar-refractivity contribution in [2.45, 2.75) is 33.2 Å². The molecule has 0 saturated carbocycles. The first-order valence-corrected chi connectivity index (χ1v) is 6.98. The van der Waals surface area contributed by atoms with Crippen molar-refractivity contribution in [3.8, 4) is 0 Å². The molecule has 5 nitrogen and oxygen atoms in total. The Bertz CT molecular complexity index is 627. The Morgan fingerprint density at radius 3 is 3.15 bits per heavy atom. The lowest BCUT2D eigenvalue weighted by molar-refractivity contribution is 0.0942. The third kappa shape index (κ3) is 2.48. The summed E-state index contributed by atoms with van der Waals surface area (Å²) in [4.78, 5) is 16.4. The number of imidazole rings is 1. The minimum atomic E-state index is -0.0456. The number of aromatic nitrogens is 2. The van der Waals surface area contributed by atoms with Crippen molar-refractivity contribution in [1.82, 2.24) is 14.9 Å². The fourth-order valence-electron chi connectivity index (χ4n) is 2.79. The van der Waals surface area contributed by atoms with E-state index in [0.717, 1.165) is 31.0 Å². The van der Waals surface area contributed by atoms with Crippen molar-refractivity contribution in [3.63, 3.8) is 0 Å². The molecule has 0 unspecified atom stereocenters. The van der Waals surface area contributed by atoms with Gasteiger partial charge in [0, 0.05) is 31.9 Å². The Labute approximate surface area is 118 Å². The Kier molecular flexibility index (Phi) is 3.34. The van der Waals surface area contributed by atoms with Gasteiger partial charge in [-0.2, -0.15) is 0 Å². The van der Waals surface area contributed by atoms with Crippen molar-refractivity contribution in [1.29, 1.82) is 0 Å². The van der Waals surface area contributed by atoms with Crippen molar-refractivity contribution in [2.75, 3.05) is 6.54 Å². The van der Waals surface area contributed by atoms with Gasteiger partial charge in [0.25, 0.3) is 5.91 Å². The fraction of sp³-hybridized carbons (Fsp3) is 0.467. The van der Waals surface area contributed by atoms with Gasteiger partial charge in [-0.15, -0.1) is 0 Å². The molecule has 0 radical (unpaired) electrons. The van der Waals surface area contributed by atoms with E-state index < -0.39 is 0 Å². The lowest BCUT2D eigenvalue weighted by Crippen LogP contribution is -2.33. The van der Waals surface area contributed by atoms with Crippen LogP contribution in [-0.2, 0) is 13.0 Å². The van der Waals surface area contributed by atoms with E-state index in [1.165, 1.54) is 0 Å². The SMILES string of the molecule is Cc1cc(C(=O)NC[C@H]2CCc3nccn3C2)c(C)o1. The highest BCUT2D eigenvalue weighted by molar-refractivity contribution is 5.95. The lowest BCUT2D eigenvalue weighted by Gasteiger charge is -2.23. The van der Waals surface area contributed by atoms with Gasteiger partial charge < -0.3 is 14.3 Å². The minimum Gasteiger partial charge on any atom is -0.466 e. The number of rotatable bonds is 3. The number of furan rings is 1. The first-order chi connectivity index (χ1) is 9.63. The molecule has 0 bridgehead atoms. The van der Waals surface area contributed by atoms with Crippen molar-refractivity contribution in [2.24, 2.45) is 5.92 Å². The Balaban J connectivity index is 1.58. The Morgan fingerprint density at radius 1 is 1.55 bits per heavy atom. The molecular formula is C15H19N3O2. The highest BCUT2D eigenvalue weighted by Gasteiger charge is 2.20. The normalized spacial score (nSPS) is 17.8. The molecule has 1 aliphatic rings. The molecule has 0 saturated heterocycles. The Hall–Kier alpha value is -2.04. The predicted octanol–water partition coefficient (Wildman–Crippen LogP) is 2.09. The summed E-state index contributed by atoms with van der Waals surface area (Å²) in [6.07, 6.45) is 5.90. The molecule has 1 aliphatic heterocycles. The highest BCUT2D eigenvalue weighted by Crippen LogP contribution is 2.18. The van der Waals surface area contributed by atoms with E-state index in [-0.39, 0.29) is 5.91 Å². The third-order valence-electron chi connectivity index (χ3n) is 3.87. The summed E-state index contributed by atoms with van der Waals surface area (Å²) in [5.41, 5.74) is 0.640. The van der Waals surface area contributed by atoms with Crippen LogP contribution < -0.4 is 5.32 Å². The molecule has 5 heteroatoms. The van der Waals surface area contributed by atoms with Gasteiger partial charge in [-0.1, -0.05) is 0 Å². The van der Waals surface area contributed by atoms with Gasteiger partial charge in [0.1, 0.15) is 17.3 Å². The van der Waals surface area contributed by atoms with Crippen LogP contribution in [0, 0.1) is 19.8 Å². The average Bonchev–Trinajstić information content (AvgIpc) is 3.01. The van der Waals surface area contributed by atoms with Gasteiger partial charge >= 0.3 is 0 Å². The van der Waals surface area contributed by atoms with E-state index >= 15 is 0 Å². The maximum atomic E-state index is 12.1. The number of hydrogen-bond acceptors (Lipinski definition) is 3. The summed E-state index contributed by atoms with van der Waals surface area (Å²) in [7, 11) is 0. The third-order valence-corrected chi connectivity index (χ3v) is 3.87. The zero-order valence-electron chi connectivity index (χ0n) is 11.8. The van der Waals surface area contributed by atoms with Crippen molar-refractivity contribution in [3.05, 3.63) is 41.4 Å². The number of fused-ring (bicyclic) bond motifs is 1. The summed E-state index contributed by atoms with van der Waals surface area (Å²) in [6, 6.07) is 1.79. The van der Waals surface area contributed by atoms with E-state index in [1.54, 1.807) is 6.07 Å². The first-order valence-electron chi connectivity index (χ1n) is 6.98. The van der Waals surface area contributed by atoms with Gasteiger partial charge in [0.05, 0.1) is 5.56 Å². The molecule has 0 spiro atoms. The zero-order valence-corrected chi connectivity index (χ0v) is 11.8. The average molecular weight is 273 g/mol. The maximum absolute atomic E-state index is 12.1. The molecule has 2 aromatic rings. The fourth-order valence-corrected chi connectivity index (χ4v) is 2.79. The van der Waals surface area contributed by atoms with E-state index in [0.29, 0.717) is 23.8 Å². The van der Waals surface area contributed by atoms with Crippen molar-refractivity contribution < 1.29 is 9.21 Å². The van der Waals surface area contributed by atoms with E-state index in [4.69, 9.17) is 4.42 Å². The largest absolute Gasteiger partial charge is 0.466 e. The van der Waals surface area contributed by atoms with Gasteiger partial charge in [-0.3, -0.25) is 4.79 Å². The van der Waals surface area contributed by atoms with Crippen LogP contribution in [0.3, 0.4) is 0 Å². The summed E-state index contributed by atoms with van der Waals surface area (Å²) in [5.74, 6) is 3.02. The molecule has 1 atom stereocenters. The number of hydrogen-bond donors (Lipinski definition) is 1. The second-order valence-corrected chi connectivity index (χ2v) is 5.44. The summed E-state index contributed by atoms with van der Waals surface area (Å²) >= 11 is 0. The summed E-state index contributed by atoms with van der Waals surface area (Å²) in [5, 5.41) is 3.01. The summed E-state index contributed by atoms with van der Waals surface area (Å²) in [6.45, 7) is 5.30. The molecular weight excluding hydrogens is 254 g/mol. The lowest BCUT2D eigenvalue weighted by atomic mass is 9.99. The van der Waals surface area contributed by atoms with Gasteiger partial charge in [0.15, 0.2) is 0 Å². The first kappa shape index (κ1) is 13.0. The molecule has 1 N–H and O–H groups in total. The quantitative estimate of drug-likeness (QED) is 0.931. The zero-order chi connectivity index (χ0) is 14.1. The van der Waals surface area contributed by atoms with Crippen LogP contribution in [-0.4, -0.2) is 22.0 Å². The predicted molar refractivity (Wildman–Crippen MR) is 74.6 cm³/mol. The number of nitrogens with one attached hydrogen (secondary N) is 1. The van der Waals surface area contributed by atoms with E-state index in [9.17, 15) is 4.79 Å². The van der Waals surface area contributed by atoms with Crippen LogP contribution in [0.25, 0.3) is 0 Å². The van der Waals surface area contributed by atoms with Gasteiger partial charge in [-0.05, 0) is 32.3 Å². The second-order valence-electron chi connectivity index (χ2n) is 5.44. The number of nitrogens with zero attached hydrogens (tertiary/aromatic N) is 2. The van der Waals surface area contributed by atoms with Crippen LogP contribution in [0.2, 0.25) is 0 Å². The number of aryl methyl sites for hydroxylation is 3. The van der Waals surface area contributed by atoms with Crippen LogP contribution in [0.1, 0.15) is 34.1 Å². The molecule has 2 aromatic heterocycles. The molecule has 20 heavy (non-hydrogen) atoms. The second kappa shape index (κ2) is 5.15. The van der Waals surface area contributed by atoms with Crippen LogP contribution in [0.5, 0.6) is 0 Å². The minimum absolute atomic E-state index is 0.0456. The topological polar surface area (TPSA) is 60.1 Å². The van der Waals surface area contributed by atoms with Crippen LogP contribution in [0.4, 0.5) is 0 Å². The highest BCUT2D eigenvalue weighted by atomic mass is 16.3. The molecule has 0 fully saturated rings. The summed E-state index contributed by atoms with van der Waals surface area (Å²) < 4.78 is 7.56. The molecule has 0 aliphatic carbocycles. The van der Waals surface area contributed by atoms with Crippen LogP contribution >= 0.6 is 0 Å². The molecule has 1 amide bonds. The smallest absolute Gasteiger partial charge is 0.254 e. The van der Waals surface area contributed by atoms with Crippen molar-refractivity contribution >= 4 is 5.91 Å². The standard InChI is InChI=1S/C15H19N3O2/c1-10-7-13(11(2)20-10)15(19)17-8-12-3-4-14-16-5-6-18(14)9-12/h5-7,12H,3-4,8-9H2,1-2H3,(H,17,19)/t12-/m1/s1. The van der Waals surface area contributed by atoms with Gasteiger partial charge in [-0.25, -0.2) is 4.98 Å². The molecule has 3 heterocycles. The Morgan fingerprint density at radius 2 is 2.40 bits per heavy atom. The van der Waals surface area contributed by atoms with E-state index in [2.05, 4.69) is 14.9 Å².